The maximum Gasteiger partial charge on any atom is 0.156 e. The first-order valence-electron chi connectivity index (χ1n) is 6.51. The summed E-state index contributed by atoms with van der Waals surface area (Å²) in [6.07, 6.45) is 2.47. The van der Waals surface area contributed by atoms with Crippen molar-refractivity contribution in [2.45, 2.75) is 38.9 Å². The highest BCUT2D eigenvalue weighted by Gasteiger charge is 2.25. The quantitative estimate of drug-likeness (QED) is 0.775. The summed E-state index contributed by atoms with van der Waals surface area (Å²) in [5, 5.41) is 4.99. The largest absolute Gasteiger partial charge is 0.364 e. The topological polar surface area (TPSA) is 41.5 Å². The van der Waals surface area contributed by atoms with Gasteiger partial charge in [0.05, 0.1) is 6.54 Å². The normalized spacial score (nSPS) is 21.6. The lowest BCUT2D eigenvalue weighted by atomic mass is 9.99. The molecule has 1 aliphatic heterocycles. The van der Waals surface area contributed by atoms with Crippen LogP contribution in [0.2, 0.25) is 0 Å². The molecule has 1 aliphatic rings. The number of nitrogens with zero attached hydrogens (tertiary/aromatic N) is 1. The summed E-state index contributed by atoms with van der Waals surface area (Å²) < 4.78 is 11.3. The molecule has 1 heterocycles. The van der Waals surface area contributed by atoms with E-state index >= 15 is 0 Å². The van der Waals surface area contributed by atoms with Crippen molar-refractivity contribution in [3.05, 3.63) is 0 Å². The van der Waals surface area contributed by atoms with Crippen LogP contribution in [0.4, 0.5) is 0 Å². The molecule has 0 aromatic rings. The third kappa shape index (κ3) is 5.00. The lowest BCUT2D eigenvalue weighted by Crippen LogP contribution is -2.26. The molecular formula is C12H24N2OS2. The fourth-order valence-electron chi connectivity index (χ4n) is 1.96. The monoisotopic (exact) mass is 276 g/mol. The van der Waals surface area contributed by atoms with Crippen LogP contribution in [0.25, 0.3) is 0 Å². The Kier molecular flexibility index (Phi) is 7.19. The van der Waals surface area contributed by atoms with E-state index in [0.717, 1.165) is 35.7 Å². The maximum absolute atomic E-state index is 11.3. The molecule has 1 N–H and O–H groups in total. The van der Waals surface area contributed by atoms with Gasteiger partial charge in [0.25, 0.3) is 0 Å². The highest BCUT2D eigenvalue weighted by molar-refractivity contribution is 8.14. The van der Waals surface area contributed by atoms with E-state index in [4.69, 9.17) is 0 Å². The molecule has 1 rings (SSSR count). The van der Waals surface area contributed by atoms with Gasteiger partial charge >= 0.3 is 0 Å². The zero-order chi connectivity index (χ0) is 12.7. The highest BCUT2D eigenvalue weighted by atomic mass is 32.2. The van der Waals surface area contributed by atoms with Crippen molar-refractivity contribution in [1.29, 1.82) is 0 Å². The molecule has 0 saturated heterocycles. The Morgan fingerprint density at radius 3 is 2.76 bits per heavy atom. The molecule has 3 nitrogen and oxygen atoms in total. The molecule has 0 aliphatic carbocycles. The van der Waals surface area contributed by atoms with Crippen LogP contribution < -0.4 is 5.32 Å². The molecule has 0 fully saturated rings. The minimum atomic E-state index is -0.674. The minimum absolute atomic E-state index is 0.643. The van der Waals surface area contributed by atoms with Gasteiger partial charge in [0.15, 0.2) is 5.17 Å². The van der Waals surface area contributed by atoms with Crippen LogP contribution in [0.15, 0.2) is 4.99 Å². The van der Waals surface area contributed by atoms with E-state index in [1.54, 1.807) is 0 Å². The lowest BCUT2D eigenvalue weighted by molar-refractivity contribution is 0.479. The number of amidine groups is 1. The van der Waals surface area contributed by atoms with Gasteiger partial charge in [-0.05, 0) is 5.92 Å². The SMILES string of the molecule is CCC(CC)C1CN=C(NCCS(=O)CC)S1. The van der Waals surface area contributed by atoms with E-state index in [1.807, 2.05) is 18.7 Å². The van der Waals surface area contributed by atoms with E-state index in [-0.39, 0.29) is 0 Å². The van der Waals surface area contributed by atoms with Gasteiger partial charge in [-0.15, -0.1) is 0 Å². The smallest absolute Gasteiger partial charge is 0.156 e. The van der Waals surface area contributed by atoms with Crippen LogP contribution in [0, 0.1) is 5.92 Å². The average molecular weight is 276 g/mol. The van der Waals surface area contributed by atoms with E-state index < -0.39 is 10.8 Å². The number of nitrogens with one attached hydrogen (secondary N) is 1. The first kappa shape index (κ1) is 15.0. The molecule has 0 bridgehead atoms. The van der Waals surface area contributed by atoms with Crippen molar-refractivity contribution in [1.82, 2.24) is 5.32 Å². The van der Waals surface area contributed by atoms with Crippen LogP contribution in [-0.4, -0.2) is 39.2 Å². The number of rotatable bonds is 7. The molecule has 0 saturated carbocycles. The van der Waals surface area contributed by atoms with Crippen LogP contribution in [0.1, 0.15) is 33.6 Å². The predicted molar refractivity (Wildman–Crippen MR) is 79.3 cm³/mol. The summed E-state index contributed by atoms with van der Waals surface area (Å²) in [6.45, 7) is 8.19. The van der Waals surface area contributed by atoms with Gasteiger partial charge in [-0.1, -0.05) is 45.4 Å². The van der Waals surface area contributed by atoms with Crippen LogP contribution in [0.3, 0.4) is 0 Å². The second kappa shape index (κ2) is 8.14. The summed E-state index contributed by atoms with van der Waals surface area (Å²) in [4.78, 5) is 4.53. The van der Waals surface area contributed by atoms with Gasteiger partial charge in [0, 0.05) is 34.1 Å². The van der Waals surface area contributed by atoms with E-state index in [0.29, 0.717) is 5.25 Å². The first-order valence-corrected chi connectivity index (χ1v) is 8.87. The fourth-order valence-corrected chi connectivity index (χ4v) is 3.93. The molecular weight excluding hydrogens is 252 g/mol. The molecule has 0 aromatic carbocycles. The van der Waals surface area contributed by atoms with Crippen molar-refractivity contribution >= 4 is 27.7 Å². The van der Waals surface area contributed by atoms with Gasteiger partial charge < -0.3 is 5.32 Å². The van der Waals surface area contributed by atoms with Crippen LogP contribution in [0.5, 0.6) is 0 Å². The molecule has 17 heavy (non-hydrogen) atoms. The highest BCUT2D eigenvalue weighted by Crippen LogP contribution is 2.30. The standard InChI is InChI=1S/C12H24N2OS2/c1-4-10(5-2)11-9-14-12(16-11)13-7-8-17(15)6-3/h10-11H,4-9H2,1-3H3,(H,13,14). The summed E-state index contributed by atoms with van der Waals surface area (Å²) in [7, 11) is -0.674. The molecule has 5 heteroatoms. The molecule has 2 unspecified atom stereocenters. The average Bonchev–Trinajstić information content (AvgIpc) is 2.79. The van der Waals surface area contributed by atoms with Crippen molar-refractivity contribution < 1.29 is 4.21 Å². The zero-order valence-corrected chi connectivity index (χ0v) is 12.7. The number of hydrogen-bond acceptors (Lipinski definition) is 4. The van der Waals surface area contributed by atoms with E-state index in [2.05, 4.69) is 24.2 Å². The third-order valence-corrected chi connectivity index (χ3v) is 5.82. The molecule has 0 spiro atoms. The molecule has 100 valence electrons. The maximum atomic E-state index is 11.3. The summed E-state index contributed by atoms with van der Waals surface area (Å²) in [5.74, 6) is 2.25. The summed E-state index contributed by atoms with van der Waals surface area (Å²) in [5.41, 5.74) is 0. The van der Waals surface area contributed by atoms with Crippen LogP contribution in [-0.2, 0) is 10.8 Å². The molecule has 0 aromatic heterocycles. The Labute approximate surface area is 112 Å². The predicted octanol–water partition coefficient (Wildman–Crippen LogP) is 2.25. The Morgan fingerprint density at radius 2 is 2.18 bits per heavy atom. The first-order chi connectivity index (χ1) is 8.21. The van der Waals surface area contributed by atoms with Gasteiger partial charge in [-0.3, -0.25) is 9.20 Å². The molecule has 2 atom stereocenters. The van der Waals surface area contributed by atoms with Crippen LogP contribution >= 0.6 is 11.8 Å². The molecule has 0 amide bonds. The Hall–Kier alpha value is -0.0300. The van der Waals surface area contributed by atoms with E-state index in [9.17, 15) is 4.21 Å². The van der Waals surface area contributed by atoms with Crippen molar-refractivity contribution in [2.75, 3.05) is 24.6 Å². The summed E-state index contributed by atoms with van der Waals surface area (Å²) in [6, 6.07) is 0. The van der Waals surface area contributed by atoms with Crippen molar-refractivity contribution in [3.63, 3.8) is 0 Å². The minimum Gasteiger partial charge on any atom is -0.364 e. The van der Waals surface area contributed by atoms with Crippen molar-refractivity contribution in [2.24, 2.45) is 10.9 Å². The molecule has 0 radical (unpaired) electrons. The zero-order valence-electron chi connectivity index (χ0n) is 11.1. The van der Waals surface area contributed by atoms with Crippen molar-refractivity contribution in [3.8, 4) is 0 Å². The van der Waals surface area contributed by atoms with E-state index in [1.165, 1.54) is 12.8 Å². The number of thioether (sulfide) groups is 1. The van der Waals surface area contributed by atoms with Gasteiger partial charge in [-0.25, -0.2) is 0 Å². The van der Waals surface area contributed by atoms with Gasteiger partial charge in [0.1, 0.15) is 0 Å². The van der Waals surface area contributed by atoms with Gasteiger partial charge in [0.2, 0.25) is 0 Å². The number of hydrogen-bond donors (Lipinski definition) is 1. The second-order valence-electron chi connectivity index (χ2n) is 4.24. The fraction of sp³-hybridized carbons (Fsp3) is 0.917. The third-order valence-electron chi connectivity index (χ3n) is 3.18. The van der Waals surface area contributed by atoms with Gasteiger partial charge in [-0.2, -0.15) is 0 Å². The Balaban J connectivity index is 2.23. The lowest BCUT2D eigenvalue weighted by Gasteiger charge is -2.18. The second-order valence-corrected chi connectivity index (χ2v) is 7.33. The number of aliphatic imine (C=N–C) groups is 1. The summed E-state index contributed by atoms with van der Waals surface area (Å²) >= 11 is 1.87. The Bertz CT molecular complexity index is 278. The Morgan fingerprint density at radius 1 is 1.47 bits per heavy atom.